The summed E-state index contributed by atoms with van der Waals surface area (Å²) in [7, 11) is 3.73. The molecule has 0 spiro atoms. The molecule has 198 valence electrons. The summed E-state index contributed by atoms with van der Waals surface area (Å²) in [5.41, 5.74) is 5.92. The molecule has 0 bridgehead atoms. The summed E-state index contributed by atoms with van der Waals surface area (Å²) in [6, 6.07) is 10.9. The maximum absolute atomic E-state index is 14.2. The number of benzene rings is 2. The molecule has 4 rings (SSSR count). The van der Waals surface area contributed by atoms with Crippen molar-refractivity contribution < 1.29 is 13.2 Å². The number of fused-ring (bicyclic) bond motifs is 3. The van der Waals surface area contributed by atoms with Crippen molar-refractivity contribution in [2.24, 2.45) is 5.92 Å². The normalized spacial score (nSPS) is 18.4. The topological polar surface area (TPSA) is 59.9 Å². The smallest absolute Gasteiger partial charge is 0.393 e. The second-order valence-electron chi connectivity index (χ2n) is 10.0. The van der Waals surface area contributed by atoms with Crippen molar-refractivity contribution in [3.05, 3.63) is 77.5 Å². The Kier molecular flexibility index (Phi) is 8.21. The minimum absolute atomic E-state index is 0.105. The van der Waals surface area contributed by atoms with Crippen molar-refractivity contribution in [1.82, 2.24) is 15.4 Å². The first-order chi connectivity index (χ1) is 17.7. The summed E-state index contributed by atoms with van der Waals surface area (Å²) < 4.78 is 45.7. The average molecular weight is 529 g/mol. The van der Waals surface area contributed by atoms with Crippen molar-refractivity contribution in [3.63, 3.8) is 0 Å². The molecule has 0 aromatic heterocycles. The molecule has 0 heterocycles. The Bertz CT molecular complexity index is 1190. The summed E-state index contributed by atoms with van der Waals surface area (Å²) in [6.07, 6.45) is 3.87. The molecule has 2 aromatic rings. The van der Waals surface area contributed by atoms with E-state index in [2.05, 4.69) is 28.9 Å². The highest BCUT2D eigenvalue weighted by molar-refractivity contribution is 7.97. The fraction of sp³-hybridized carbons (Fsp3) is 0.414. The number of hydrogen-bond acceptors (Lipinski definition) is 5. The van der Waals surface area contributed by atoms with E-state index in [1.165, 1.54) is 6.21 Å². The summed E-state index contributed by atoms with van der Waals surface area (Å²) >= 11 is 0.733. The Hall–Kier alpha value is -2.55. The van der Waals surface area contributed by atoms with Crippen LogP contribution in [0.25, 0.3) is 16.7 Å². The summed E-state index contributed by atoms with van der Waals surface area (Å²) in [5.74, 6) is 0.331. The molecule has 2 aliphatic carbocycles. The van der Waals surface area contributed by atoms with Gasteiger partial charge >= 0.3 is 6.18 Å². The van der Waals surface area contributed by atoms with E-state index in [1.807, 2.05) is 31.3 Å². The largest absolute Gasteiger partial charge is 0.405 e. The second kappa shape index (κ2) is 11.1. The van der Waals surface area contributed by atoms with Crippen molar-refractivity contribution in [1.29, 1.82) is 5.41 Å². The van der Waals surface area contributed by atoms with Crippen LogP contribution < -0.4 is 15.4 Å². The van der Waals surface area contributed by atoms with Crippen LogP contribution in [0.15, 0.2) is 55.3 Å². The van der Waals surface area contributed by atoms with Crippen molar-refractivity contribution in [3.8, 4) is 11.1 Å². The number of alkyl halides is 3. The van der Waals surface area contributed by atoms with Gasteiger partial charge in [-0.1, -0.05) is 55.3 Å². The zero-order valence-electron chi connectivity index (χ0n) is 21.5. The van der Waals surface area contributed by atoms with Gasteiger partial charge in [-0.25, -0.2) is 0 Å². The Morgan fingerprint density at radius 2 is 1.89 bits per heavy atom. The van der Waals surface area contributed by atoms with Gasteiger partial charge in [-0.15, -0.1) is 6.58 Å². The summed E-state index contributed by atoms with van der Waals surface area (Å²) in [6.45, 7) is 6.01. The Labute approximate surface area is 221 Å². The molecule has 4 N–H and O–H groups in total. The van der Waals surface area contributed by atoms with Crippen molar-refractivity contribution >= 4 is 23.7 Å². The average Bonchev–Trinajstić information content (AvgIpc) is 3.60. The minimum atomic E-state index is -4.40. The van der Waals surface area contributed by atoms with Crippen molar-refractivity contribution in [2.45, 2.75) is 55.6 Å². The lowest BCUT2D eigenvalue weighted by Crippen LogP contribution is -2.38. The Morgan fingerprint density at radius 1 is 1.14 bits per heavy atom. The maximum Gasteiger partial charge on any atom is 0.405 e. The second-order valence-corrected chi connectivity index (χ2v) is 11.0. The van der Waals surface area contributed by atoms with Crippen LogP contribution in [0.4, 0.5) is 13.2 Å². The number of allylic oxidation sites excluding steroid dienone is 1. The van der Waals surface area contributed by atoms with Gasteiger partial charge in [0.15, 0.2) is 0 Å². The van der Waals surface area contributed by atoms with Crippen LogP contribution in [0.5, 0.6) is 0 Å². The van der Waals surface area contributed by atoms with Crippen LogP contribution in [-0.2, 0) is 6.42 Å². The van der Waals surface area contributed by atoms with E-state index in [4.69, 9.17) is 5.41 Å². The Balaban J connectivity index is 1.53. The molecule has 4 nitrogen and oxygen atoms in total. The molecule has 3 atom stereocenters. The molecule has 0 radical (unpaired) electrons. The fourth-order valence-corrected chi connectivity index (χ4v) is 6.24. The summed E-state index contributed by atoms with van der Waals surface area (Å²) in [4.78, 5) is 0. The molecule has 1 saturated carbocycles. The van der Waals surface area contributed by atoms with Gasteiger partial charge in [0.05, 0.1) is 0 Å². The molecule has 8 heteroatoms. The molecule has 0 aliphatic heterocycles. The van der Waals surface area contributed by atoms with Crippen LogP contribution in [0, 0.1) is 11.3 Å². The van der Waals surface area contributed by atoms with E-state index in [-0.39, 0.29) is 17.1 Å². The minimum Gasteiger partial charge on any atom is -0.393 e. The molecule has 0 saturated heterocycles. The van der Waals surface area contributed by atoms with Crippen LogP contribution in [0.2, 0.25) is 0 Å². The quantitative estimate of drug-likeness (QED) is 0.121. The summed E-state index contributed by atoms with van der Waals surface area (Å²) in [5, 5.41) is 12.3. The molecule has 37 heavy (non-hydrogen) atoms. The van der Waals surface area contributed by atoms with Crippen LogP contribution in [-0.4, -0.2) is 38.1 Å². The fourth-order valence-electron chi connectivity index (χ4n) is 5.32. The first kappa shape index (κ1) is 27.5. The predicted molar refractivity (Wildman–Crippen MR) is 149 cm³/mol. The van der Waals surface area contributed by atoms with Gasteiger partial charge in [-0.2, -0.15) is 13.2 Å². The molecule has 3 unspecified atom stereocenters. The van der Waals surface area contributed by atoms with E-state index in [9.17, 15) is 13.2 Å². The third-order valence-electron chi connectivity index (χ3n) is 7.76. The standard InChI is InChI=1S/C29H35F3N4S/c1-5-24(12-18(2)28(35-4)10-11-28)36-37-27(29(30,31)32)21-8-9-25-22(14-21)13-20-7-6-19(15-26(20)25)23(16-33)17-34-3/h5-9,14-18,24,27,33-36H,1,10-13H2,2-4H3/b23-17+,33-16?. The lowest BCUT2D eigenvalue weighted by atomic mass is 9.92. The molecule has 0 amide bonds. The Morgan fingerprint density at radius 3 is 2.49 bits per heavy atom. The molecule has 1 fully saturated rings. The van der Waals surface area contributed by atoms with E-state index in [0.29, 0.717) is 12.3 Å². The van der Waals surface area contributed by atoms with Crippen molar-refractivity contribution in [2.75, 3.05) is 14.1 Å². The number of halogens is 3. The highest BCUT2D eigenvalue weighted by atomic mass is 32.2. The van der Waals surface area contributed by atoms with Gasteiger partial charge in [0.2, 0.25) is 0 Å². The van der Waals surface area contributed by atoms with Crippen LogP contribution >= 0.6 is 11.9 Å². The maximum atomic E-state index is 14.2. The predicted octanol–water partition coefficient (Wildman–Crippen LogP) is 6.64. The molecular formula is C29H35F3N4S. The number of rotatable bonds is 12. The van der Waals surface area contributed by atoms with Gasteiger partial charge in [0, 0.05) is 36.6 Å². The third kappa shape index (κ3) is 5.81. The first-order valence-electron chi connectivity index (χ1n) is 12.6. The lowest BCUT2D eigenvalue weighted by molar-refractivity contribution is -0.129. The van der Waals surface area contributed by atoms with Crippen LogP contribution in [0.1, 0.15) is 53.7 Å². The highest BCUT2D eigenvalue weighted by Gasteiger charge is 2.46. The molecule has 2 aliphatic rings. The van der Waals surface area contributed by atoms with Gasteiger partial charge < -0.3 is 16.0 Å². The van der Waals surface area contributed by atoms with Gasteiger partial charge in [0.1, 0.15) is 5.25 Å². The van der Waals surface area contributed by atoms with Gasteiger partial charge in [0.25, 0.3) is 0 Å². The van der Waals surface area contributed by atoms with E-state index < -0.39 is 11.4 Å². The monoisotopic (exact) mass is 528 g/mol. The zero-order chi connectivity index (χ0) is 26.8. The van der Waals surface area contributed by atoms with E-state index in [0.717, 1.165) is 64.6 Å². The third-order valence-corrected chi connectivity index (χ3v) is 8.97. The SMILES string of the molecule is C=CC(CC(C)C1(NC)CC1)NSC(c1ccc2c(c1)Cc1ccc(/C(C=N)=C/NC)cc1-2)C(F)(F)F. The van der Waals surface area contributed by atoms with Gasteiger partial charge in [-0.3, -0.25) is 4.72 Å². The molecule has 2 aromatic carbocycles. The van der Waals surface area contributed by atoms with Crippen LogP contribution in [0.3, 0.4) is 0 Å². The first-order valence-corrected chi connectivity index (χ1v) is 13.5. The van der Waals surface area contributed by atoms with Gasteiger partial charge in [-0.05, 0) is 78.1 Å². The highest BCUT2D eigenvalue weighted by Crippen LogP contribution is 2.47. The van der Waals surface area contributed by atoms with E-state index in [1.54, 1.807) is 31.5 Å². The van der Waals surface area contributed by atoms with E-state index >= 15 is 0 Å². The molecular weight excluding hydrogens is 493 g/mol. The zero-order valence-corrected chi connectivity index (χ0v) is 22.3. The lowest BCUT2D eigenvalue weighted by Gasteiger charge is -2.28. The number of nitrogens with one attached hydrogen (secondary N) is 4. The number of hydrogen-bond donors (Lipinski definition) is 4.